The molecule has 0 bridgehead atoms. The molecule has 0 fully saturated rings. The van der Waals surface area contributed by atoms with Crippen LogP contribution >= 0.6 is 0 Å². The third kappa shape index (κ3) is 3.36. The fraction of sp³-hybridized carbons (Fsp3) is 0.176. The van der Waals surface area contributed by atoms with E-state index in [2.05, 4.69) is 5.32 Å². The number of hydrogen-bond acceptors (Lipinski definition) is 5. The zero-order valence-corrected chi connectivity index (χ0v) is 12.0. The van der Waals surface area contributed by atoms with Crippen LogP contribution in [0.25, 0.3) is 0 Å². The molecule has 0 spiro atoms. The van der Waals surface area contributed by atoms with E-state index in [9.17, 15) is 15.0 Å². The SMILES string of the molecule is CCc1ccc(O)c(C(Nc2ccc(C#N)cc2)C(=O)[O-])c1. The number of hydrogen-bond donors (Lipinski definition) is 2. The quantitative estimate of drug-likeness (QED) is 0.875. The molecule has 0 saturated carbocycles. The van der Waals surface area contributed by atoms with Crippen molar-refractivity contribution in [2.45, 2.75) is 19.4 Å². The Bertz CT molecular complexity index is 718. The molecular formula is C17H15N2O3-. The van der Waals surface area contributed by atoms with Crippen molar-refractivity contribution < 1.29 is 15.0 Å². The number of nitrogens with zero attached hydrogens (tertiary/aromatic N) is 1. The maximum Gasteiger partial charge on any atom is 0.121 e. The van der Waals surface area contributed by atoms with E-state index in [1.165, 1.54) is 6.07 Å². The summed E-state index contributed by atoms with van der Waals surface area (Å²) in [5, 5.41) is 32.9. The fourth-order valence-electron chi connectivity index (χ4n) is 2.13. The van der Waals surface area contributed by atoms with E-state index in [0.29, 0.717) is 11.3 Å². The number of aryl methyl sites for hydroxylation is 1. The van der Waals surface area contributed by atoms with E-state index in [-0.39, 0.29) is 11.3 Å². The predicted octanol–water partition coefficient (Wildman–Crippen LogP) is 1.73. The highest BCUT2D eigenvalue weighted by atomic mass is 16.4. The smallest absolute Gasteiger partial charge is 0.121 e. The minimum Gasteiger partial charge on any atom is -0.548 e. The number of aliphatic carboxylic acids is 1. The molecular weight excluding hydrogens is 280 g/mol. The molecule has 0 aliphatic carbocycles. The van der Waals surface area contributed by atoms with Gasteiger partial charge in [-0.05, 0) is 48.4 Å². The van der Waals surface area contributed by atoms with Crippen LogP contribution in [0.4, 0.5) is 5.69 Å². The summed E-state index contributed by atoms with van der Waals surface area (Å²) in [4.78, 5) is 11.4. The lowest BCUT2D eigenvalue weighted by molar-refractivity contribution is -0.307. The molecule has 0 heterocycles. The van der Waals surface area contributed by atoms with E-state index in [4.69, 9.17) is 5.26 Å². The number of rotatable bonds is 5. The van der Waals surface area contributed by atoms with E-state index in [1.807, 2.05) is 13.0 Å². The number of carbonyl (C=O) groups is 1. The summed E-state index contributed by atoms with van der Waals surface area (Å²) in [7, 11) is 0. The van der Waals surface area contributed by atoms with Gasteiger partial charge in [0, 0.05) is 11.3 Å². The number of benzene rings is 2. The van der Waals surface area contributed by atoms with Crippen LogP contribution in [-0.2, 0) is 11.2 Å². The lowest BCUT2D eigenvalue weighted by Gasteiger charge is -2.23. The standard InChI is InChI=1S/C17H16N2O3/c1-2-11-5-8-15(20)14(9-11)16(17(21)22)19-13-6-3-12(10-18)4-7-13/h3-9,16,19-20H,2H2,1H3,(H,21,22)/p-1. The van der Waals surface area contributed by atoms with Gasteiger partial charge in [-0.1, -0.05) is 13.0 Å². The van der Waals surface area contributed by atoms with Crippen LogP contribution in [0, 0.1) is 11.3 Å². The first-order valence-electron chi connectivity index (χ1n) is 6.84. The maximum absolute atomic E-state index is 11.4. The highest BCUT2D eigenvalue weighted by Gasteiger charge is 2.17. The van der Waals surface area contributed by atoms with Crippen molar-refractivity contribution in [1.29, 1.82) is 5.26 Å². The highest BCUT2D eigenvalue weighted by molar-refractivity contribution is 5.78. The van der Waals surface area contributed by atoms with Crippen molar-refractivity contribution in [2.24, 2.45) is 0 Å². The Hall–Kier alpha value is -3.00. The molecule has 0 aliphatic heterocycles. The van der Waals surface area contributed by atoms with Gasteiger partial charge >= 0.3 is 0 Å². The number of nitrogens with one attached hydrogen (secondary N) is 1. The van der Waals surface area contributed by atoms with E-state index in [1.54, 1.807) is 36.4 Å². The first-order chi connectivity index (χ1) is 10.5. The molecule has 0 amide bonds. The summed E-state index contributed by atoms with van der Waals surface area (Å²) < 4.78 is 0. The Morgan fingerprint density at radius 1 is 1.32 bits per heavy atom. The minimum atomic E-state index is -1.34. The Morgan fingerprint density at radius 3 is 2.55 bits per heavy atom. The molecule has 112 valence electrons. The lowest BCUT2D eigenvalue weighted by Crippen LogP contribution is -2.34. The van der Waals surface area contributed by atoms with Crippen molar-refractivity contribution >= 4 is 11.7 Å². The first-order valence-corrected chi connectivity index (χ1v) is 6.84. The number of carboxylic acid groups (broad SMARTS) is 1. The Kier molecular flexibility index (Phi) is 4.64. The third-order valence-corrected chi connectivity index (χ3v) is 3.37. The summed E-state index contributed by atoms with van der Waals surface area (Å²) in [5.41, 5.74) is 2.17. The van der Waals surface area contributed by atoms with Gasteiger partial charge in [0.1, 0.15) is 5.75 Å². The van der Waals surface area contributed by atoms with E-state index < -0.39 is 12.0 Å². The molecule has 2 aromatic rings. The molecule has 22 heavy (non-hydrogen) atoms. The Balaban J connectivity index is 2.34. The molecule has 0 aromatic heterocycles. The number of carboxylic acids is 1. The van der Waals surface area contributed by atoms with Crippen LogP contribution in [0.2, 0.25) is 0 Å². The van der Waals surface area contributed by atoms with Gasteiger partial charge in [-0.2, -0.15) is 5.26 Å². The van der Waals surface area contributed by atoms with Crippen LogP contribution in [-0.4, -0.2) is 11.1 Å². The van der Waals surface area contributed by atoms with Gasteiger partial charge in [0.05, 0.1) is 23.6 Å². The van der Waals surface area contributed by atoms with Crippen LogP contribution in [0.5, 0.6) is 5.75 Å². The zero-order valence-electron chi connectivity index (χ0n) is 12.0. The van der Waals surface area contributed by atoms with Crippen molar-refractivity contribution in [3.63, 3.8) is 0 Å². The summed E-state index contributed by atoms with van der Waals surface area (Å²) in [6.45, 7) is 1.94. The number of nitriles is 1. The molecule has 1 unspecified atom stereocenters. The average molecular weight is 295 g/mol. The molecule has 0 saturated heterocycles. The molecule has 2 N–H and O–H groups in total. The lowest BCUT2D eigenvalue weighted by atomic mass is 10.0. The topological polar surface area (TPSA) is 96.2 Å². The van der Waals surface area contributed by atoms with Gasteiger partial charge in [0.15, 0.2) is 0 Å². The van der Waals surface area contributed by atoms with Crippen LogP contribution < -0.4 is 10.4 Å². The highest BCUT2D eigenvalue weighted by Crippen LogP contribution is 2.28. The Labute approximate surface area is 128 Å². The second-order valence-corrected chi connectivity index (χ2v) is 4.83. The summed E-state index contributed by atoms with van der Waals surface area (Å²) in [5.74, 6) is -1.44. The molecule has 1 atom stereocenters. The number of phenols is 1. The number of phenolic OH excluding ortho intramolecular Hbond substituents is 1. The van der Waals surface area contributed by atoms with Crippen LogP contribution in [0.3, 0.4) is 0 Å². The first kappa shape index (κ1) is 15.4. The predicted molar refractivity (Wildman–Crippen MR) is 80.0 cm³/mol. The second-order valence-electron chi connectivity index (χ2n) is 4.83. The fourth-order valence-corrected chi connectivity index (χ4v) is 2.13. The monoisotopic (exact) mass is 295 g/mol. The zero-order chi connectivity index (χ0) is 16.1. The van der Waals surface area contributed by atoms with Crippen LogP contribution in [0.1, 0.15) is 29.7 Å². The summed E-state index contributed by atoms with van der Waals surface area (Å²) >= 11 is 0. The largest absolute Gasteiger partial charge is 0.548 e. The van der Waals surface area contributed by atoms with E-state index in [0.717, 1.165) is 12.0 Å². The molecule has 0 aliphatic rings. The molecule has 5 nitrogen and oxygen atoms in total. The van der Waals surface area contributed by atoms with Gasteiger partial charge in [-0.15, -0.1) is 0 Å². The summed E-state index contributed by atoms with van der Waals surface area (Å²) in [6.07, 6.45) is 0.726. The van der Waals surface area contributed by atoms with Crippen molar-refractivity contribution in [1.82, 2.24) is 0 Å². The number of anilines is 1. The molecule has 0 radical (unpaired) electrons. The number of carbonyl (C=O) groups excluding carboxylic acids is 1. The third-order valence-electron chi connectivity index (χ3n) is 3.37. The van der Waals surface area contributed by atoms with Gasteiger partial charge in [-0.25, -0.2) is 0 Å². The average Bonchev–Trinajstić information content (AvgIpc) is 2.53. The summed E-state index contributed by atoms with van der Waals surface area (Å²) in [6, 6.07) is 12.0. The Morgan fingerprint density at radius 2 is 2.00 bits per heavy atom. The van der Waals surface area contributed by atoms with Gasteiger partial charge < -0.3 is 20.3 Å². The maximum atomic E-state index is 11.4. The van der Waals surface area contributed by atoms with E-state index >= 15 is 0 Å². The van der Waals surface area contributed by atoms with Crippen molar-refractivity contribution in [2.75, 3.05) is 5.32 Å². The van der Waals surface area contributed by atoms with Crippen LogP contribution in [0.15, 0.2) is 42.5 Å². The molecule has 5 heteroatoms. The second kappa shape index (κ2) is 6.64. The van der Waals surface area contributed by atoms with Crippen molar-refractivity contribution in [3.05, 3.63) is 59.2 Å². The van der Waals surface area contributed by atoms with Gasteiger partial charge in [-0.3, -0.25) is 0 Å². The number of aromatic hydroxyl groups is 1. The van der Waals surface area contributed by atoms with Gasteiger partial charge in [0.2, 0.25) is 0 Å². The molecule has 2 rings (SSSR count). The van der Waals surface area contributed by atoms with Gasteiger partial charge in [0.25, 0.3) is 0 Å². The minimum absolute atomic E-state index is 0.104. The van der Waals surface area contributed by atoms with Crippen molar-refractivity contribution in [3.8, 4) is 11.8 Å². The molecule has 2 aromatic carbocycles. The normalized spacial score (nSPS) is 11.5.